The molecule has 3 heterocycles. The zero-order valence-corrected chi connectivity index (χ0v) is 20.1. The Balaban J connectivity index is 1.60. The number of rotatable bonds is 7. The highest BCUT2D eigenvalue weighted by Gasteiger charge is 2.23. The first-order valence-electron chi connectivity index (χ1n) is 10.7. The Morgan fingerprint density at radius 1 is 1.19 bits per heavy atom. The molecule has 0 aliphatic heterocycles. The summed E-state index contributed by atoms with van der Waals surface area (Å²) in [6.45, 7) is 2.52. The van der Waals surface area contributed by atoms with Crippen LogP contribution < -0.4 is 10.3 Å². The van der Waals surface area contributed by atoms with Crippen LogP contribution in [0.1, 0.15) is 39.9 Å². The van der Waals surface area contributed by atoms with Crippen LogP contribution >= 0.6 is 34.4 Å². The van der Waals surface area contributed by atoms with E-state index in [-0.39, 0.29) is 17.1 Å². The monoisotopic (exact) mass is 482 g/mol. The van der Waals surface area contributed by atoms with E-state index < -0.39 is 0 Å². The standard InChI is InChI=1S/C24H22N2O3S3/c1-2-29-16-11-9-15(10-12-16)26-23(28)21-17-6-3-4-7-19(17)32-22(21)25-24(26)31-14-18(27)20-8-5-13-30-20/h5,8-13H,2-4,6-7,14H2,1H3. The lowest BCUT2D eigenvalue weighted by molar-refractivity contribution is 0.102. The summed E-state index contributed by atoms with van der Waals surface area (Å²) in [6.07, 6.45) is 4.20. The van der Waals surface area contributed by atoms with E-state index in [0.717, 1.165) is 52.2 Å². The van der Waals surface area contributed by atoms with E-state index in [1.165, 1.54) is 33.5 Å². The second-order valence-electron chi connectivity index (χ2n) is 7.54. The van der Waals surface area contributed by atoms with Gasteiger partial charge in [0.1, 0.15) is 10.6 Å². The summed E-state index contributed by atoms with van der Waals surface area (Å²) in [5, 5.41) is 3.19. The van der Waals surface area contributed by atoms with Gasteiger partial charge in [-0.25, -0.2) is 4.98 Å². The Morgan fingerprint density at radius 3 is 2.75 bits per heavy atom. The molecule has 0 atom stereocenters. The summed E-state index contributed by atoms with van der Waals surface area (Å²) < 4.78 is 7.22. The van der Waals surface area contributed by atoms with Crippen LogP contribution in [0.3, 0.4) is 0 Å². The molecule has 3 aromatic heterocycles. The molecular formula is C24H22N2O3S3. The molecule has 164 valence electrons. The molecule has 1 aliphatic rings. The molecule has 32 heavy (non-hydrogen) atoms. The summed E-state index contributed by atoms with van der Waals surface area (Å²) in [7, 11) is 0. The van der Waals surface area contributed by atoms with Gasteiger partial charge in [0, 0.05) is 4.88 Å². The number of ether oxygens (including phenoxy) is 1. The van der Waals surface area contributed by atoms with Gasteiger partial charge in [-0.15, -0.1) is 22.7 Å². The number of hydrogen-bond acceptors (Lipinski definition) is 7. The fourth-order valence-electron chi connectivity index (χ4n) is 4.01. The number of thiophene rings is 2. The van der Waals surface area contributed by atoms with E-state index in [1.807, 2.05) is 48.7 Å². The van der Waals surface area contributed by atoms with E-state index in [1.54, 1.807) is 15.9 Å². The number of carbonyl (C=O) groups is 1. The van der Waals surface area contributed by atoms with Gasteiger partial charge in [-0.3, -0.25) is 14.2 Å². The third-order valence-electron chi connectivity index (χ3n) is 5.49. The molecule has 5 nitrogen and oxygen atoms in total. The van der Waals surface area contributed by atoms with Gasteiger partial charge in [-0.05, 0) is 73.9 Å². The van der Waals surface area contributed by atoms with Gasteiger partial charge < -0.3 is 4.74 Å². The second-order valence-corrected chi connectivity index (χ2v) is 10.5. The topological polar surface area (TPSA) is 61.2 Å². The second kappa shape index (κ2) is 9.21. The van der Waals surface area contributed by atoms with Gasteiger partial charge in [0.15, 0.2) is 10.9 Å². The maximum atomic E-state index is 13.8. The number of benzene rings is 1. The molecule has 0 bridgehead atoms. The van der Waals surface area contributed by atoms with E-state index in [4.69, 9.17) is 9.72 Å². The van der Waals surface area contributed by atoms with Gasteiger partial charge in [0.05, 0.1) is 28.3 Å². The Hall–Kier alpha value is -2.42. The first-order valence-corrected chi connectivity index (χ1v) is 13.3. The lowest BCUT2D eigenvalue weighted by atomic mass is 9.97. The maximum Gasteiger partial charge on any atom is 0.267 e. The van der Waals surface area contributed by atoms with Crippen LogP contribution in [0.4, 0.5) is 0 Å². The SMILES string of the molecule is CCOc1ccc(-n2c(SCC(=O)c3cccs3)nc3sc4c(c3c2=O)CCCC4)cc1. The highest BCUT2D eigenvalue weighted by molar-refractivity contribution is 7.99. The van der Waals surface area contributed by atoms with E-state index >= 15 is 0 Å². The van der Waals surface area contributed by atoms with Crippen molar-refractivity contribution in [1.82, 2.24) is 9.55 Å². The largest absolute Gasteiger partial charge is 0.494 e. The minimum absolute atomic E-state index is 0.0445. The van der Waals surface area contributed by atoms with Crippen LogP contribution in [0.2, 0.25) is 0 Å². The van der Waals surface area contributed by atoms with Gasteiger partial charge >= 0.3 is 0 Å². The van der Waals surface area contributed by atoms with Crippen molar-refractivity contribution in [3.05, 3.63) is 67.4 Å². The van der Waals surface area contributed by atoms with E-state index in [9.17, 15) is 9.59 Å². The molecule has 1 aliphatic carbocycles. The van der Waals surface area contributed by atoms with Crippen molar-refractivity contribution in [3.8, 4) is 11.4 Å². The number of fused-ring (bicyclic) bond motifs is 3. The Kier molecular flexibility index (Phi) is 6.17. The summed E-state index contributed by atoms with van der Waals surface area (Å²) in [5.41, 5.74) is 1.85. The zero-order valence-electron chi connectivity index (χ0n) is 17.6. The summed E-state index contributed by atoms with van der Waals surface area (Å²) >= 11 is 4.39. The van der Waals surface area contributed by atoms with Crippen LogP contribution in [0.15, 0.2) is 51.7 Å². The van der Waals surface area contributed by atoms with Gasteiger partial charge in [-0.2, -0.15) is 0 Å². The lowest BCUT2D eigenvalue weighted by Crippen LogP contribution is -2.22. The van der Waals surface area contributed by atoms with Crippen LogP contribution in [-0.4, -0.2) is 27.7 Å². The fraction of sp³-hybridized carbons (Fsp3) is 0.292. The van der Waals surface area contributed by atoms with Crippen molar-refractivity contribution < 1.29 is 9.53 Å². The molecule has 0 saturated carbocycles. The number of aryl methyl sites for hydroxylation is 2. The van der Waals surface area contributed by atoms with Crippen LogP contribution in [0, 0.1) is 0 Å². The molecule has 0 unspecified atom stereocenters. The van der Waals surface area contributed by atoms with E-state index in [2.05, 4.69) is 0 Å². The summed E-state index contributed by atoms with van der Waals surface area (Å²) in [4.78, 5) is 34.1. The number of thioether (sulfide) groups is 1. The van der Waals surface area contributed by atoms with Gasteiger partial charge in [0.25, 0.3) is 5.56 Å². The molecule has 0 radical (unpaired) electrons. The van der Waals surface area contributed by atoms with Crippen LogP contribution in [0.5, 0.6) is 5.75 Å². The first kappa shape index (κ1) is 21.4. The maximum absolute atomic E-state index is 13.8. The smallest absolute Gasteiger partial charge is 0.267 e. The first-order chi connectivity index (χ1) is 15.7. The Labute approximate surface area is 198 Å². The van der Waals surface area contributed by atoms with Crippen molar-refractivity contribution in [3.63, 3.8) is 0 Å². The Bertz CT molecular complexity index is 1320. The highest BCUT2D eigenvalue weighted by atomic mass is 32.2. The minimum Gasteiger partial charge on any atom is -0.494 e. The number of nitrogens with zero attached hydrogens (tertiary/aromatic N) is 2. The average Bonchev–Trinajstić information content (AvgIpc) is 3.46. The summed E-state index contributed by atoms with van der Waals surface area (Å²) in [6, 6.07) is 11.2. The number of carbonyl (C=O) groups excluding carboxylic acids is 1. The lowest BCUT2D eigenvalue weighted by Gasteiger charge is -2.14. The van der Waals surface area contributed by atoms with Crippen molar-refractivity contribution in [2.45, 2.75) is 37.8 Å². The van der Waals surface area contributed by atoms with Crippen molar-refractivity contribution >= 4 is 50.4 Å². The third kappa shape index (κ3) is 4.02. The normalized spacial score (nSPS) is 13.3. The minimum atomic E-state index is -0.0513. The fourth-order valence-corrected chi connectivity index (χ4v) is 6.96. The molecule has 0 spiro atoms. The molecule has 0 amide bonds. The average molecular weight is 483 g/mol. The van der Waals surface area contributed by atoms with Gasteiger partial charge in [0.2, 0.25) is 0 Å². The zero-order chi connectivity index (χ0) is 22.1. The molecule has 4 aromatic rings. The van der Waals surface area contributed by atoms with Gasteiger partial charge in [-0.1, -0.05) is 17.8 Å². The number of ketones is 1. The highest BCUT2D eigenvalue weighted by Crippen LogP contribution is 2.35. The van der Waals surface area contributed by atoms with E-state index in [0.29, 0.717) is 11.8 Å². The van der Waals surface area contributed by atoms with Crippen molar-refractivity contribution in [2.24, 2.45) is 0 Å². The number of Topliss-reactive ketones (excluding diaryl/α,β-unsaturated/α-hetero) is 1. The summed E-state index contributed by atoms with van der Waals surface area (Å²) in [5.74, 6) is 1.04. The number of hydrogen-bond donors (Lipinski definition) is 0. The van der Waals surface area contributed by atoms with Crippen molar-refractivity contribution in [2.75, 3.05) is 12.4 Å². The van der Waals surface area contributed by atoms with Crippen LogP contribution in [0.25, 0.3) is 15.9 Å². The Morgan fingerprint density at radius 2 is 2.00 bits per heavy atom. The molecule has 0 fully saturated rings. The number of aromatic nitrogens is 2. The molecule has 5 rings (SSSR count). The molecule has 8 heteroatoms. The molecular weight excluding hydrogens is 460 g/mol. The quantitative estimate of drug-likeness (QED) is 0.190. The van der Waals surface area contributed by atoms with Crippen LogP contribution in [-0.2, 0) is 12.8 Å². The molecule has 0 N–H and O–H groups in total. The predicted molar refractivity (Wildman–Crippen MR) is 132 cm³/mol. The van der Waals surface area contributed by atoms with Crippen molar-refractivity contribution in [1.29, 1.82) is 0 Å². The molecule has 1 aromatic carbocycles. The third-order valence-corrected chi connectivity index (χ3v) is 8.53. The molecule has 0 saturated heterocycles. The predicted octanol–water partition coefficient (Wildman–Crippen LogP) is 5.76.